The molecule has 1 saturated carbocycles. The van der Waals surface area contributed by atoms with E-state index in [4.69, 9.17) is 0 Å². The molecule has 4 rings (SSSR count). The number of nitrogens with one attached hydrogen (secondary N) is 1. The van der Waals surface area contributed by atoms with Gasteiger partial charge in [0.25, 0.3) is 0 Å². The van der Waals surface area contributed by atoms with Gasteiger partial charge in [-0.15, -0.1) is 0 Å². The predicted octanol–water partition coefficient (Wildman–Crippen LogP) is 4.87. The van der Waals surface area contributed by atoms with Gasteiger partial charge in [-0.05, 0) is 46.3 Å². The van der Waals surface area contributed by atoms with Crippen LogP contribution in [0.3, 0.4) is 0 Å². The van der Waals surface area contributed by atoms with Gasteiger partial charge in [0, 0.05) is 27.3 Å². The fourth-order valence-electron chi connectivity index (χ4n) is 2.66. The number of hydrogen-bond acceptors (Lipinski definition) is 1. The van der Waals surface area contributed by atoms with Gasteiger partial charge in [-0.2, -0.15) is 0 Å². The van der Waals surface area contributed by atoms with Crippen LogP contribution in [0.2, 0.25) is 0 Å². The molecule has 2 nitrogen and oxygen atoms in total. The highest BCUT2D eigenvalue weighted by molar-refractivity contribution is 9.10. The standard InChI is InChI=1S/C16H13BrN2/c17-12-8-13-14(10-4-2-1-3-5-10)15(11-6-7-11)19-16(13)18-9-12/h1-5,8-9,11H,6-7H2,(H,18,19). The van der Waals surface area contributed by atoms with Crippen LogP contribution in [0.15, 0.2) is 47.1 Å². The van der Waals surface area contributed by atoms with Crippen molar-refractivity contribution in [1.29, 1.82) is 0 Å². The maximum absolute atomic E-state index is 4.50. The maximum Gasteiger partial charge on any atom is 0.138 e. The van der Waals surface area contributed by atoms with Gasteiger partial charge >= 0.3 is 0 Å². The summed E-state index contributed by atoms with van der Waals surface area (Å²) in [6.45, 7) is 0. The first kappa shape index (κ1) is 11.2. The molecule has 94 valence electrons. The van der Waals surface area contributed by atoms with Crippen LogP contribution in [-0.2, 0) is 0 Å². The Hall–Kier alpha value is -1.61. The van der Waals surface area contributed by atoms with Crippen molar-refractivity contribution in [3.8, 4) is 11.1 Å². The first-order valence-electron chi connectivity index (χ1n) is 6.55. The van der Waals surface area contributed by atoms with E-state index in [1.165, 1.54) is 35.0 Å². The van der Waals surface area contributed by atoms with Gasteiger partial charge in [0.15, 0.2) is 0 Å². The molecule has 1 N–H and O–H groups in total. The summed E-state index contributed by atoms with van der Waals surface area (Å²) in [5, 5.41) is 1.21. The topological polar surface area (TPSA) is 28.7 Å². The number of halogens is 1. The molecule has 2 heterocycles. The molecule has 0 saturated heterocycles. The largest absolute Gasteiger partial charge is 0.342 e. The van der Waals surface area contributed by atoms with Gasteiger partial charge in [-0.1, -0.05) is 30.3 Å². The number of rotatable bonds is 2. The average molecular weight is 313 g/mol. The van der Waals surface area contributed by atoms with E-state index in [1.54, 1.807) is 0 Å². The second-order valence-corrected chi connectivity index (χ2v) is 6.02. The number of fused-ring (bicyclic) bond motifs is 1. The highest BCUT2D eigenvalue weighted by Gasteiger charge is 2.29. The lowest BCUT2D eigenvalue weighted by molar-refractivity contribution is 1.06. The fourth-order valence-corrected chi connectivity index (χ4v) is 2.99. The monoisotopic (exact) mass is 312 g/mol. The van der Waals surface area contributed by atoms with Crippen LogP contribution in [0.25, 0.3) is 22.2 Å². The summed E-state index contributed by atoms with van der Waals surface area (Å²) in [6, 6.07) is 12.8. The Bertz CT molecular complexity index is 742. The minimum absolute atomic E-state index is 0.684. The lowest BCUT2D eigenvalue weighted by atomic mass is 10.0. The van der Waals surface area contributed by atoms with Crippen molar-refractivity contribution in [2.24, 2.45) is 0 Å². The van der Waals surface area contributed by atoms with Crippen LogP contribution < -0.4 is 0 Å². The number of nitrogens with zero attached hydrogens (tertiary/aromatic N) is 1. The zero-order valence-corrected chi connectivity index (χ0v) is 11.9. The van der Waals surface area contributed by atoms with Gasteiger partial charge in [-0.3, -0.25) is 0 Å². The number of aromatic amines is 1. The van der Waals surface area contributed by atoms with Crippen LogP contribution >= 0.6 is 15.9 Å². The Morgan fingerprint density at radius 2 is 1.95 bits per heavy atom. The van der Waals surface area contributed by atoms with Crippen LogP contribution in [0.1, 0.15) is 24.5 Å². The van der Waals surface area contributed by atoms with Gasteiger partial charge < -0.3 is 4.98 Å². The molecule has 0 unspecified atom stereocenters. The van der Waals surface area contributed by atoms with Crippen LogP contribution in [0.5, 0.6) is 0 Å². The Morgan fingerprint density at radius 3 is 2.68 bits per heavy atom. The van der Waals surface area contributed by atoms with E-state index in [0.29, 0.717) is 5.92 Å². The summed E-state index contributed by atoms with van der Waals surface area (Å²) >= 11 is 3.52. The van der Waals surface area contributed by atoms with E-state index in [2.05, 4.69) is 62.3 Å². The molecule has 0 spiro atoms. The zero-order valence-electron chi connectivity index (χ0n) is 10.4. The molecular formula is C16H13BrN2. The molecule has 0 radical (unpaired) electrons. The van der Waals surface area contributed by atoms with Crippen molar-refractivity contribution in [2.75, 3.05) is 0 Å². The predicted molar refractivity (Wildman–Crippen MR) is 81.2 cm³/mol. The van der Waals surface area contributed by atoms with Crippen LogP contribution in [0, 0.1) is 0 Å². The second-order valence-electron chi connectivity index (χ2n) is 5.10. The quantitative estimate of drug-likeness (QED) is 0.718. The third-order valence-corrected chi connectivity index (χ3v) is 4.13. The molecule has 0 aliphatic heterocycles. The summed E-state index contributed by atoms with van der Waals surface area (Å²) in [5.41, 5.74) is 4.94. The first-order chi connectivity index (χ1) is 9.33. The van der Waals surface area contributed by atoms with Gasteiger partial charge in [0.1, 0.15) is 5.65 Å². The molecule has 1 fully saturated rings. The van der Waals surface area contributed by atoms with Crippen molar-refractivity contribution in [3.05, 3.63) is 52.8 Å². The Morgan fingerprint density at radius 1 is 1.16 bits per heavy atom. The number of H-pyrrole nitrogens is 1. The van der Waals surface area contributed by atoms with Crippen molar-refractivity contribution < 1.29 is 0 Å². The smallest absolute Gasteiger partial charge is 0.138 e. The zero-order chi connectivity index (χ0) is 12.8. The lowest BCUT2D eigenvalue weighted by Gasteiger charge is -2.03. The van der Waals surface area contributed by atoms with Crippen molar-refractivity contribution in [1.82, 2.24) is 9.97 Å². The Labute approximate surface area is 120 Å². The van der Waals surface area contributed by atoms with E-state index < -0.39 is 0 Å². The van der Waals surface area contributed by atoms with Crippen LogP contribution in [-0.4, -0.2) is 9.97 Å². The average Bonchev–Trinajstić information content (AvgIpc) is 3.21. The summed E-state index contributed by atoms with van der Waals surface area (Å²) in [6.07, 6.45) is 4.42. The summed E-state index contributed by atoms with van der Waals surface area (Å²) in [4.78, 5) is 8.02. The Balaban J connectivity index is 2.05. The highest BCUT2D eigenvalue weighted by atomic mass is 79.9. The van der Waals surface area contributed by atoms with Crippen molar-refractivity contribution in [3.63, 3.8) is 0 Å². The molecule has 0 amide bonds. The number of hydrogen-bond donors (Lipinski definition) is 1. The summed E-state index contributed by atoms with van der Waals surface area (Å²) < 4.78 is 1.03. The molecule has 0 atom stereocenters. The molecule has 2 aromatic heterocycles. The number of aromatic nitrogens is 2. The SMILES string of the molecule is Brc1cnc2[nH]c(C3CC3)c(-c3ccccc3)c2c1. The molecule has 3 heteroatoms. The minimum Gasteiger partial charge on any atom is -0.342 e. The normalized spacial score (nSPS) is 15.0. The third kappa shape index (κ3) is 1.89. The van der Waals surface area contributed by atoms with E-state index in [-0.39, 0.29) is 0 Å². The number of pyridine rings is 1. The van der Waals surface area contributed by atoms with E-state index in [1.807, 2.05) is 6.20 Å². The fraction of sp³-hybridized carbons (Fsp3) is 0.188. The summed E-state index contributed by atoms with van der Waals surface area (Å²) in [7, 11) is 0. The second kappa shape index (κ2) is 4.20. The Kier molecular flexibility index (Phi) is 2.49. The molecular weight excluding hydrogens is 300 g/mol. The van der Waals surface area contributed by atoms with Crippen molar-refractivity contribution in [2.45, 2.75) is 18.8 Å². The number of benzene rings is 1. The molecule has 3 aromatic rings. The molecule has 19 heavy (non-hydrogen) atoms. The maximum atomic E-state index is 4.50. The first-order valence-corrected chi connectivity index (χ1v) is 7.35. The minimum atomic E-state index is 0.684. The van der Waals surface area contributed by atoms with Gasteiger partial charge in [0.05, 0.1) is 0 Å². The molecule has 1 aromatic carbocycles. The van der Waals surface area contributed by atoms with Crippen LogP contribution in [0.4, 0.5) is 0 Å². The van der Waals surface area contributed by atoms with E-state index in [0.717, 1.165) is 10.1 Å². The lowest BCUT2D eigenvalue weighted by Crippen LogP contribution is -1.84. The highest BCUT2D eigenvalue weighted by Crippen LogP contribution is 2.46. The van der Waals surface area contributed by atoms with Gasteiger partial charge in [-0.25, -0.2) is 4.98 Å². The molecule has 1 aliphatic carbocycles. The van der Waals surface area contributed by atoms with Gasteiger partial charge in [0.2, 0.25) is 0 Å². The third-order valence-electron chi connectivity index (χ3n) is 3.69. The molecule has 1 aliphatic rings. The van der Waals surface area contributed by atoms with E-state index >= 15 is 0 Å². The molecule has 0 bridgehead atoms. The van der Waals surface area contributed by atoms with E-state index in [9.17, 15) is 0 Å². The van der Waals surface area contributed by atoms with Crippen molar-refractivity contribution >= 4 is 27.0 Å². The summed E-state index contributed by atoms with van der Waals surface area (Å²) in [5.74, 6) is 0.684.